The summed E-state index contributed by atoms with van der Waals surface area (Å²) in [5, 5.41) is 9.97. The molecule has 0 saturated heterocycles. The fourth-order valence-corrected chi connectivity index (χ4v) is 2.47. The molecule has 0 bridgehead atoms. The summed E-state index contributed by atoms with van der Waals surface area (Å²) in [6.45, 7) is 0. The number of rotatable bonds is 4. The zero-order chi connectivity index (χ0) is 14.7. The monoisotopic (exact) mass is 344 g/mol. The van der Waals surface area contributed by atoms with Crippen molar-refractivity contribution in [1.29, 1.82) is 0 Å². The first-order valence-corrected chi connectivity index (χ1v) is 6.81. The third-order valence-electron chi connectivity index (χ3n) is 2.94. The number of hydrogen-bond acceptors (Lipinski definition) is 1. The van der Waals surface area contributed by atoms with Crippen molar-refractivity contribution < 1.29 is 18.3 Å². The molecule has 0 amide bonds. The van der Waals surface area contributed by atoms with Gasteiger partial charge in [-0.3, -0.25) is 0 Å². The van der Waals surface area contributed by atoms with E-state index in [2.05, 4.69) is 15.9 Å². The molecule has 0 aliphatic heterocycles. The van der Waals surface area contributed by atoms with E-state index < -0.39 is 17.7 Å². The van der Waals surface area contributed by atoms with E-state index in [0.717, 1.165) is 17.7 Å². The average molecular weight is 345 g/mol. The van der Waals surface area contributed by atoms with Gasteiger partial charge in [-0.1, -0.05) is 28.1 Å². The first-order valence-electron chi connectivity index (χ1n) is 6.01. The molecular weight excluding hydrogens is 333 g/mol. The summed E-state index contributed by atoms with van der Waals surface area (Å²) in [6, 6.07) is 7.41. The summed E-state index contributed by atoms with van der Waals surface area (Å²) in [5.74, 6) is -1.70. The van der Waals surface area contributed by atoms with Gasteiger partial charge in [0.2, 0.25) is 0 Å². The highest BCUT2D eigenvalue weighted by Gasteiger charge is 2.13. The molecule has 2 aromatic carbocycles. The summed E-state index contributed by atoms with van der Waals surface area (Å²) >= 11 is 3.21. The van der Waals surface area contributed by atoms with E-state index in [9.17, 15) is 18.3 Å². The molecule has 0 heterocycles. The quantitative estimate of drug-likeness (QED) is 0.888. The largest absolute Gasteiger partial charge is 0.392 e. The molecule has 5 heteroatoms. The van der Waals surface area contributed by atoms with E-state index in [4.69, 9.17) is 0 Å². The maximum Gasteiger partial charge on any atom is 0.129 e. The van der Waals surface area contributed by atoms with Crippen molar-refractivity contribution in [3.8, 4) is 0 Å². The van der Waals surface area contributed by atoms with Crippen LogP contribution in [0, 0.1) is 17.5 Å². The molecule has 1 unspecified atom stereocenters. The third-order valence-corrected chi connectivity index (χ3v) is 3.68. The predicted octanol–water partition coefficient (Wildman–Crippen LogP) is 4.01. The minimum atomic E-state index is -0.836. The third kappa shape index (κ3) is 3.84. The van der Waals surface area contributed by atoms with E-state index >= 15 is 0 Å². The van der Waals surface area contributed by atoms with Crippen LogP contribution in [-0.2, 0) is 12.8 Å². The summed E-state index contributed by atoms with van der Waals surface area (Å²) in [6.07, 6.45) is -0.523. The lowest BCUT2D eigenvalue weighted by Gasteiger charge is -2.12. The zero-order valence-corrected chi connectivity index (χ0v) is 12.0. The Morgan fingerprint density at radius 3 is 2.05 bits per heavy atom. The van der Waals surface area contributed by atoms with Crippen molar-refractivity contribution in [2.75, 3.05) is 0 Å². The number of benzene rings is 2. The number of halogens is 4. The van der Waals surface area contributed by atoms with Crippen molar-refractivity contribution >= 4 is 15.9 Å². The Morgan fingerprint density at radius 1 is 0.900 bits per heavy atom. The fourth-order valence-electron chi connectivity index (χ4n) is 1.95. The van der Waals surface area contributed by atoms with Gasteiger partial charge in [-0.05, 0) is 35.7 Å². The molecule has 0 aliphatic rings. The van der Waals surface area contributed by atoms with E-state index in [0.29, 0.717) is 4.47 Å². The van der Waals surface area contributed by atoms with Crippen molar-refractivity contribution in [2.24, 2.45) is 0 Å². The normalized spacial score (nSPS) is 12.4. The molecule has 0 fully saturated rings. The van der Waals surface area contributed by atoms with E-state index in [1.165, 1.54) is 18.2 Å². The Morgan fingerprint density at radius 2 is 1.45 bits per heavy atom. The lowest BCUT2D eigenvalue weighted by atomic mass is 10.0. The van der Waals surface area contributed by atoms with Gasteiger partial charge < -0.3 is 5.11 Å². The minimum absolute atomic E-state index is 0.0654. The van der Waals surface area contributed by atoms with Gasteiger partial charge in [0.25, 0.3) is 0 Å². The number of aliphatic hydroxyl groups is 1. The summed E-state index contributed by atoms with van der Waals surface area (Å²) in [4.78, 5) is 0. The van der Waals surface area contributed by atoms with Crippen LogP contribution in [0.15, 0.2) is 40.9 Å². The van der Waals surface area contributed by atoms with E-state index in [1.54, 1.807) is 6.07 Å². The molecule has 20 heavy (non-hydrogen) atoms. The van der Waals surface area contributed by atoms with Crippen LogP contribution in [0.2, 0.25) is 0 Å². The topological polar surface area (TPSA) is 20.2 Å². The van der Waals surface area contributed by atoms with Gasteiger partial charge in [0.15, 0.2) is 0 Å². The van der Waals surface area contributed by atoms with Gasteiger partial charge in [-0.25, -0.2) is 13.2 Å². The van der Waals surface area contributed by atoms with Gasteiger partial charge in [0, 0.05) is 17.0 Å². The highest BCUT2D eigenvalue weighted by molar-refractivity contribution is 9.10. The molecule has 1 N–H and O–H groups in total. The SMILES string of the molecule is OC(Cc1ccc(F)cc1F)Cc1ccc(F)cc1Br. The molecule has 106 valence electrons. The lowest BCUT2D eigenvalue weighted by Crippen LogP contribution is -2.15. The number of hydrogen-bond donors (Lipinski definition) is 1. The highest BCUT2D eigenvalue weighted by Crippen LogP contribution is 2.21. The molecular formula is C15H12BrF3O. The fraction of sp³-hybridized carbons (Fsp3) is 0.200. The van der Waals surface area contributed by atoms with Crippen LogP contribution in [0.25, 0.3) is 0 Å². The Balaban J connectivity index is 2.07. The molecule has 2 rings (SSSR count). The van der Waals surface area contributed by atoms with Crippen LogP contribution in [0.1, 0.15) is 11.1 Å². The van der Waals surface area contributed by atoms with E-state index in [-0.39, 0.29) is 24.2 Å². The summed E-state index contributed by atoms with van der Waals surface area (Å²) in [5.41, 5.74) is 0.971. The molecule has 0 aromatic heterocycles. The Kier molecular flexibility index (Phi) is 4.83. The van der Waals surface area contributed by atoms with E-state index in [1.807, 2.05) is 0 Å². The van der Waals surface area contributed by atoms with Crippen LogP contribution in [-0.4, -0.2) is 11.2 Å². The van der Waals surface area contributed by atoms with Gasteiger partial charge in [-0.15, -0.1) is 0 Å². The summed E-state index contributed by atoms with van der Waals surface area (Å²) in [7, 11) is 0. The summed E-state index contributed by atoms with van der Waals surface area (Å²) < 4.78 is 39.7. The highest BCUT2D eigenvalue weighted by atomic mass is 79.9. The van der Waals surface area contributed by atoms with Crippen molar-refractivity contribution in [1.82, 2.24) is 0 Å². The van der Waals surface area contributed by atoms with Crippen molar-refractivity contribution in [3.63, 3.8) is 0 Å². The van der Waals surface area contributed by atoms with Crippen molar-refractivity contribution in [3.05, 3.63) is 69.4 Å². The first-order chi connectivity index (χ1) is 9.45. The van der Waals surface area contributed by atoms with Crippen LogP contribution in [0.3, 0.4) is 0 Å². The van der Waals surface area contributed by atoms with Crippen LogP contribution in [0.5, 0.6) is 0 Å². The molecule has 2 aromatic rings. The second-order valence-electron chi connectivity index (χ2n) is 4.53. The number of aliphatic hydroxyl groups excluding tert-OH is 1. The average Bonchev–Trinajstić information content (AvgIpc) is 2.36. The van der Waals surface area contributed by atoms with Crippen LogP contribution in [0.4, 0.5) is 13.2 Å². The molecule has 0 radical (unpaired) electrons. The smallest absolute Gasteiger partial charge is 0.129 e. The van der Waals surface area contributed by atoms with Gasteiger partial charge in [0.05, 0.1) is 6.10 Å². The van der Waals surface area contributed by atoms with Crippen LogP contribution < -0.4 is 0 Å². The van der Waals surface area contributed by atoms with Gasteiger partial charge in [-0.2, -0.15) is 0 Å². The molecule has 0 aliphatic carbocycles. The zero-order valence-electron chi connectivity index (χ0n) is 10.4. The predicted molar refractivity (Wildman–Crippen MR) is 73.9 cm³/mol. The minimum Gasteiger partial charge on any atom is -0.392 e. The molecule has 0 saturated carbocycles. The standard InChI is InChI=1S/C15H12BrF3O/c16-14-7-11(17)3-1-9(14)5-13(20)6-10-2-4-12(18)8-15(10)19/h1-4,7-8,13,20H,5-6H2. The Hall–Kier alpha value is -1.33. The van der Waals surface area contributed by atoms with Crippen molar-refractivity contribution in [2.45, 2.75) is 18.9 Å². The molecule has 1 nitrogen and oxygen atoms in total. The van der Waals surface area contributed by atoms with Gasteiger partial charge >= 0.3 is 0 Å². The Bertz CT molecular complexity index is 563. The maximum atomic E-state index is 13.5. The molecule has 0 spiro atoms. The maximum absolute atomic E-state index is 13.5. The molecule has 1 atom stereocenters. The van der Waals surface area contributed by atoms with Gasteiger partial charge in [0.1, 0.15) is 17.5 Å². The lowest BCUT2D eigenvalue weighted by molar-refractivity contribution is 0.174. The van der Waals surface area contributed by atoms with Crippen LogP contribution >= 0.6 is 15.9 Å². The Labute approximate surface area is 123 Å². The second kappa shape index (κ2) is 6.41. The first kappa shape index (κ1) is 15.1. The second-order valence-corrected chi connectivity index (χ2v) is 5.39.